The normalized spacial score (nSPS) is 35.0. The minimum Gasteiger partial charge on any atom is -0.496 e. The van der Waals surface area contributed by atoms with Crippen LogP contribution in [0.1, 0.15) is 68.8 Å². The average Bonchev–Trinajstić information content (AvgIpc) is 3.89. The number of nitrogens with one attached hydrogen (secondary N) is 1. The van der Waals surface area contributed by atoms with E-state index in [1.54, 1.807) is 18.9 Å². The number of hydrogen-bond donors (Lipinski definition) is 2. The van der Waals surface area contributed by atoms with Crippen molar-refractivity contribution in [3.05, 3.63) is 64.9 Å². The molecule has 6 heterocycles. The Hall–Kier alpha value is -4.18. The molecule has 1 aliphatic carbocycles. The third kappa shape index (κ3) is 5.61. The Morgan fingerprint density at radius 2 is 1.80 bits per heavy atom. The lowest BCUT2D eigenvalue weighted by Gasteiger charge is -2.63. The van der Waals surface area contributed by atoms with Crippen molar-refractivity contribution in [1.29, 1.82) is 0 Å². The zero-order valence-electron chi connectivity index (χ0n) is 36.1. The van der Waals surface area contributed by atoms with Crippen molar-refractivity contribution >= 4 is 46.3 Å². The highest BCUT2D eigenvalue weighted by molar-refractivity contribution is 7.98. The number of hydrogen-bond acceptors (Lipinski definition) is 12. The highest BCUT2D eigenvalue weighted by Gasteiger charge is 2.80. The van der Waals surface area contributed by atoms with Crippen LogP contribution in [-0.4, -0.2) is 128 Å². The molecule has 1 aromatic heterocycles. The molecule has 1 spiro atoms. The fourth-order valence-electron chi connectivity index (χ4n) is 13.4. The van der Waals surface area contributed by atoms with E-state index >= 15 is 13.6 Å². The Balaban J connectivity index is 1.36. The van der Waals surface area contributed by atoms with Gasteiger partial charge in [0.2, 0.25) is 11.5 Å². The molecule has 3 fully saturated rings. The van der Waals surface area contributed by atoms with Gasteiger partial charge in [-0.25, -0.2) is 13.6 Å². The molecule has 15 heteroatoms. The number of rotatable bonds is 8. The number of carbonyl (C=O) groups is 3. The first kappa shape index (κ1) is 42.1. The van der Waals surface area contributed by atoms with Crippen molar-refractivity contribution in [3.8, 4) is 5.75 Å². The van der Waals surface area contributed by atoms with Crippen LogP contribution in [-0.2, 0) is 46.0 Å². The number of benzene rings is 2. The Kier molecular flexibility index (Phi) is 9.97. The minimum atomic E-state index is -2.95. The Labute approximate surface area is 359 Å². The SMILES string of the molecule is CC[C@]12C=CCN3CC[C@@]4(c5cc([C@@]6(C(=O)OC)C[C@@H]7C[C@@H](C(C)(F)F)CN(Cc8c6[nH]c6ccc(SC)cc86)C7)c(OC)cc5N(C)[C@H]4[C@@](O)(C(=O)OC)[C@@H]1OC(C)=O)[C@@H]32. The summed E-state index contributed by atoms with van der Waals surface area (Å²) in [5.74, 6) is -5.95. The van der Waals surface area contributed by atoms with Crippen molar-refractivity contribution in [1.82, 2.24) is 14.8 Å². The molecule has 5 aliphatic heterocycles. The lowest BCUT2D eigenvalue weighted by atomic mass is 9.47. The second-order valence-electron chi connectivity index (χ2n) is 18.4. The average molecular weight is 863 g/mol. The van der Waals surface area contributed by atoms with Crippen LogP contribution in [0, 0.1) is 17.3 Å². The Bertz CT molecular complexity index is 2350. The maximum Gasteiger partial charge on any atom is 0.344 e. The van der Waals surface area contributed by atoms with E-state index in [2.05, 4.69) is 20.9 Å². The molecule has 2 saturated heterocycles. The highest BCUT2D eigenvalue weighted by Crippen LogP contribution is 2.68. The number of piperidine rings is 1. The Morgan fingerprint density at radius 1 is 1.05 bits per heavy atom. The quantitative estimate of drug-likeness (QED) is 0.123. The molecule has 0 radical (unpaired) electrons. The summed E-state index contributed by atoms with van der Waals surface area (Å²) < 4.78 is 54.6. The molecule has 1 unspecified atom stereocenters. The van der Waals surface area contributed by atoms with Gasteiger partial charge in [-0.2, -0.15) is 0 Å². The lowest BCUT2D eigenvalue weighted by Crippen LogP contribution is -2.81. The Morgan fingerprint density at radius 3 is 2.46 bits per heavy atom. The molecule has 12 nitrogen and oxygen atoms in total. The van der Waals surface area contributed by atoms with Gasteiger partial charge in [-0.1, -0.05) is 19.1 Å². The van der Waals surface area contributed by atoms with Gasteiger partial charge in [-0.05, 0) is 86.7 Å². The number of alkyl halides is 2. The zero-order valence-corrected chi connectivity index (χ0v) is 36.9. The number of thioether (sulfide) groups is 1. The third-order valence-electron chi connectivity index (χ3n) is 15.6. The largest absolute Gasteiger partial charge is 0.496 e. The molecule has 1 saturated carbocycles. The number of halogens is 2. The number of aromatic nitrogens is 1. The summed E-state index contributed by atoms with van der Waals surface area (Å²) in [6, 6.07) is 8.66. The molecular weight excluding hydrogens is 807 g/mol. The molecule has 0 amide bonds. The van der Waals surface area contributed by atoms with E-state index in [1.807, 2.05) is 61.5 Å². The van der Waals surface area contributed by atoms with E-state index in [0.29, 0.717) is 61.7 Å². The lowest BCUT2D eigenvalue weighted by molar-refractivity contribution is -0.228. The van der Waals surface area contributed by atoms with Crippen LogP contribution in [0.15, 0.2) is 47.4 Å². The first-order valence-corrected chi connectivity index (χ1v) is 22.5. The van der Waals surface area contributed by atoms with Gasteiger partial charge in [0.05, 0.1) is 27.4 Å². The van der Waals surface area contributed by atoms with Crippen LogP contribution in [0.3, 0.4) is 0 Å². The molecule has 61 heavy (non-hydrogen) atoms. The number of nitrogens with zero attached hydrogens (tertiary/aromatic N) is 3. The highest BCUT2D eigenvalue weighted by atomic mass is 32.2. The first-order chi connectivity index (χ1) is 29.0. The molecule has 2 bridgehead atoms. The van der Waals surface area contributed by atoms with Crippen LogP contribution < -0.4 is 9.64 Å². The first-order valence-electron chi connectivity index (χ1n) is 21.2. The number of esters is 3. The summed E-state index contributed by atoms with van der Waals surface area (Å²) >= 11 is 1.60. The van der Waals surface area contributed by atoms with Gasteiger partial charge in [0.1, 0.15) is 11.2 Å². The number of fused-ring (bicyclic) bond motifs is 6. The zero-order chi connectivity index (χ0) is 43.6. The van der Waals surface area contributed by atoms with E-state index in [1.165, 1.54) is 21.1 Å². The minimum absolute atomic E-state index is 0.150. The number of ether oxygens (including phenoxy) is 4. The van der Waals surface area contributed by atoms with Crippen LogP contribution in [0.2, 0.25) is 0 Å². The maximum absolute atomic E-state index is 15.4. The van der Waals surface area contributed by atoms with Gasteiger partial charge in [0.15, 0.2) is 6.10 Å². The van der Waals surface area contributed by atoms with Crippen molar-refractivity contribution in [3.63, 3.8) is 0 Å². The summed E-state index contributed by atoms with van der Waals surface area (Å²) in [4.78, 5) is 53.8. The molecule has 6 aliphatic rings. The molecule has 10 atom stereocenters. The second kappa shape index (κ2) is 14.4. The van der Waals surface area contributed by atoms with E-state index < -0.39 is 63.7 Å². The van der Waals surface area contributed by atoms with Crippen LogP contribution >= 0.6 is 11.8 Å². The van der Waals surface area contributed by atoms with E-state index in [0.717, 1.165) is 33.8 Å². The molecule has 9 rings (SSSR count). The summed E-state index contributed by atoms with van der Waals surface area (Å²) in [5.41, 5.74) is -1.66. The van der Waals surface area contributed by atoms with Gasteiger partial charge in [-0.3, -0.25) is 19.4 Å². The van der Waals surface area contributed by atoms with Crippen LogP contribution in [0.5, 0.6) is 5.75 Å². The maximum atomic E-state index is 15.4. The summed E-state index contributed by atoms with van der Waals surface area (Å²) in [5, 5.41) is 14.2. The van der Waals surface area contributed by atoms with E-state index in [9.17, 15) is 14.7 Å². The van der Waals surface area contributed by atoms with Gasteiger partial charge in [0.25, 0.3) is 0 Å². The number of aliphatic hydroxyl groups is 1. The van der Waals surface area contributed by atoms with Gasteiger partial charge in [0, 0.05) is 102 Å². The molecule has 328 valence electrons. The van der Waals surface area contributed by atoms with Gasteiger partial charge >= 0.3 is 17.9 Å². The summed E-state index contributed by atoms with van der Waals surface area (Å²) in [6.45, 7) is 6.54. The number of anilines is 1. The number of carbonyl (C=O) groups excluding carboxylic acids is 3. The number of likely N-dealkylation sites (N-methyl/N-ethyl adjacent to an activating group) is 1. The van der Waals surface area contributed by atoms with Crippen molar-refractivity contribution in [2.75, 3.05) is 65.7 Å². The van der Waals surface area contributed by atoms with Crippen LogP contribution in [0.4, 0.5) is 14.5 Å². The monoisotopic (exact) mass is 862 g/mol. The van der Waals surface area contributed by atoms with Crippen molar-refractivity contribution in [2.45, 2.75) is 98.4 Å². The van der Waals surface area contributed by atoms with Crippen molar-refractivity contribution < 1.29 is 47.2 Å². The summed E-state index contributed by atoms with van der Waals surface area (Å²) in [7, 11) is 5.95. The summed E-state index contributed by atoms with van der Waals surface area (Å²) in [6.07, 6.45) is 6.03. The second-order valence-corrected chi connectivity index (χ2v) is 19.3. The number of aromatic amines is 1. The smallest absolute Gasteiger partial charge is 0.344 e. The van der Waals surface area contributed by atoms with Crippen molar-refractivity contribution in [2.24, 2.45) is 17.3 Å². The van der Waals surface area contributed by atoms with Crippen LogP contribution in [0.25, 0.3) is 10.9 Å². The standard InChI is InChI=1S/C46H56F2N4O8S/c1-9-43-13-10-15-52-16-14-44(37(43)52)31-19-32(35(57-5)20-34(31)50(4)38(44)46(56,41(55)59-7)39(43)60-25(2)53)45(40(54)58-6)21-26-17-27(42(3,47)48)23-51(22-26)24-30-29-18-28(61-8)11-12-33(29)49-36(30)45/h10-13,18-20,26-27,37-39,49,56H,9,14-17,21-24H2,1-8H3/t26-,27+,37-,38+,39+,43+,44+,45-,46-/m0/s1. The van der Waals surface area contributed by atoms with Gasteiger partial charge in [-0.15, -0.1) is 11.8 Å². The fourth-order valence-corrected chi connectivity index (χ4v) is 13.8. The molecule has 3 aromatic rings. The fraction of sp³-hybridized carbons (Fsp3) is 0.587. The van der Waals surface area contributed by atoms with Gasteiger partial charge < -0.3 is 33.9 Å². The predicted octanol–water partition coefficient (Wildman–Crippen LogP) is 5.80. The number of methoxy groups -OCH3 is 3. The molecule has 2 aromatic carbocycles. The molecule has 2 N–H and O–H groups in total. The number of H-pyrrole nitrogens is 1. The molecular formula is C46H56F2N4O8S. The van der Waals surface area contributed by atoms with E-state index in [4.69, 9.17) is 18.9 Å². The predicted molar refractivity (Wildman–Crippen MR) is 226 cm³/mol. The van der Waals surface area contributed by atoms with E-state index in [-0.39, 0.29) is 31.3 Å². The third-order valence-corrected chi connectivity index (χ3v) is 16.3. The topological polar surface area (TPSA) is 134 Å².